The Morgan fingerprint density at radius 1 is 1.55 bits per heavy atom. The molecule has 0 radical (unpaired) electrons. The minimum atomic E-state index is -0.172. The van der Waals surface area contributed by atoms with Gasteiger partial charge in [0, 0.05) is 18.9 Å². The van der Waals surface area contributed by atoms with Gasteiger partial charge in [0.25, 0.3) is 0 Å². The van der Waals surface area contributed by atoms with Crippen LogP contribution in [0.2, 0.25) is 0 Å². The third-order valence-corrected chi connectivity index (χ3v) is 5.02. The average Bonchev–Trinajstić information content (AvgIpc) is 2.93. The quantitative estimate of drug-likeness (QED) is 0.886. The molecule has 1 amide bonds. The van der Waals surface area contributed by atoms with Crippen LogP contribution in [0.5, 0.6) is 0 Å². The molecule has 1 aliphatic heterocycles. The molecule has 1 saturated carbocycles. The Morgan fingerprint density at radius 3 is 3.25 bits per heavy atom. The van der Waals surface area contributed by atoms with Crippen molar-refractivity contribution in [3.05, 3.63) is 30.1 Å². The minimum absolute atomic E-state index is 0.0220. The molecule has 1 aliphatic carbocycles. The van der Waals surface area contributed by atoms with Gasteiger partial charge in [-0.05, 0) is 43.9 Å². The largest absolute Gasteiger partial charge is 0.349 e. The fourth-order valence-electron chi connectivity index (χ4n) is 3.75. The fraction of sp³-hybridized carbons (Fsp3) is 0.625. The van der Waals surface area contributed by atoms with Crippen molar-refractivity contribution >= 4 is 5.91 Å². The summed E-state index contributed by atoms with van der Waals surface area (Å²) in [5, 5.41) is 6.63. The zero-order valence-electron chi connectivity index (χ0n) is 12.1. The van der Waals surface area contributed by atoms with Crippen molar-refractivity contribution in [2.45, 2.75) is 38.6 Å². The molecule has 0 bridgehead atoms. The minimum Gasteiger partial charge on any atom is -0.349 e. The van der Waals surface area contributed by atoms with Crippen LogP contribution in [0.25, 0.3) is 0 Å². The first kappa shape index (κ1) is 13.6. The van der Waals surface area contributed by atoms with Gasteiger partial charge in [0.15, 0.2) is 0 Å². The van der Waals surface area contributed by atoms with Crippen molar-refractivity contribution in [2.24, 2.45) is 11.3 Å². The SMILES string of the molecule is CC(NC(=O)[C@@]12CCCC[C@H]1CNC2)c1cccnc1. The monoisotopic (exact) mass is 273 g/mol. The lowest BCUT2D eigenvalue weighted by atomic mass is 9.67. The lowest BCUT2D eigenvalue weighted by molar-refractivity contribution is -0.134. The Morgan fingerprint density at radius 2 is 2.45 bits per heavy atom. The Kier molecular flexibility index (Phi) is 3.74. The second-order valence-corrected chi connectivity index (χ2v) is 6.21. The van der Waals surface area contributed by atoms with Crippen LogP contribution in [0.1, 0.15) is 44.2 Å². The van der Waals surface area contributed by atoms with Gasteiger partial charge in [0.2, 0.25) is 5.91 Å². The van der Waals surface area contributed by atoms with E-state index in [1.807, 2.05) is 25.3 Å². The highest BCUT2D eigenvalue weighted by Gasteiger charge is 2.49. The normalized spacial score (nSPS) is 30.6. The summed E-state index contributed by atoms with van der Waals surface area (Å²) < 4.78 is 0. The van der Waals surface area contributed by atoms with Crippen molar-refractivity contribution in [1.29, 1.82) is 0 Å². The second-order valence-electron chi connectivity index (χ2n) is 6.21. The van der Waals surface area contributed by atoms with Crippen LogP contribution in [-0.4, -0.2) is 24.0 Å². The Hall–Kier alpha value is -1.42. The van der Waals surface area contributed by atoms with E-state index in [9.17, 15) is 4.79 Å². The molecule has 108 valence electrons. The summed E-state index contributed by atoms with van der Waals surface area (Å²) in [4.78, 5) is 16.9. The topological polar surface area (TPSA) is 54.0 Å². The van der Waals surface area contributed by atoms with Crippen LogP contribution in [0.4, 0.5) is 0 Å². The molecule has 4 nitrogen and oxygen atoms in total. The smallest absolute Gasteiger partial charge is 0.228 e. The van der Waals surface area contributed by atoms with Gasteiger partial charge in [-0.3, -0.25) is 9.78 Å². The van der Waals surface area contributed by atoms with E-state index >= 15 is 0 Å². The number of fused-ring (bicyclic) bond motifs is 1. The van der Waals surface area contributed by atoms with Crippen LogP contribution in [0.15, 0.2) is 24.5 Å². The second kappa shape index (κ2) is 5.52. The molecule has 1 aromatic heterocycles. The number of hydrogen-bond acceptors (Lipinski definition) is 3. The summed E-state index contributed by atoms with van der Waals surface area (Å²) in [5.41, 5.74) is 0.893. The van der Waals surface area contributed by atoms with E-state index in [1.165, 1.54) is 19.3 Å². The van der Waals surface area contributed by atoms with Crippen molar-refractivity contribution in [3.8, 4) is 0 Å². The third-order valence-electron chi connectivity index (χ3n) is 5.02. The predicted octanol–water partition coefficient (Wildman–Crippen LogP) is 2.04. The van der Waals surface area contributed by atoms with Crippen molar-refractivity contribution in [2.75, 3.05) is 13.1 Å². The zero-order valence-corrected chi connectivity index (χ0v) is 12.1. The molecule has 3 rings (SSSR count). The first-order valence-corrected chi connectivity index (χ1v) is 7.64. The summed E-state index contributed by atoms with van der Waals surface area (Å²) in [5.74, 6) is 0.737. The molecule has 2 heterocycles. The lowest BCUT2D eigenvalue weighted by Crippen LogP contribution is -2.48. The molecule has 0 aromatic carbocycles. The van der Waals surface area contributed by atoms with Gasteiger partial charge in [0.1, 0.15) is 0 Å². The van der Waals surface area contributed by atoms with E-state index in [4.69, 9.17) is 0 Å². The summed E-state index contributed by atoms with van der Waals surface area (Å²) in [6.07, 6.45) is 8.23. The number of amides is 1. The van der Waals surface area contributed by atoms with Crippen LogP contribution in [0.3, 0.4) is 0 Å². The maximum absolute atomic E-state index is 12.8. The number of carbonyl (C=O) groups is 1. The zero-order chi connectivity index (χ0) is 14.0. The number of rotatable bonds is 3. The molecule has 20 heavy (non-hydrogen) atoms. The molecular weight excluding hydrogens is 250 g/mol. The molecule has 0 spiro atoms. The van der Waals surface area contributed by atoms with Crippen molar-refractivity contribution in [3.63, 3.8) is 0 Å². The number of aromatic nitrogens is 1. The number of hydrogen-bond donors (Lipinski definition) is 2. The first-order valence-electron chi connectivity index (χ1n) is 7.64. The molecule has 1 aromatic rings. The number of nitrogens with one attached hydrogen (secondary N) is 2. The maximum atomic E-state index is 12.8. The molecule has 3 atom stereocenters. The number of pyridine rings is 1. The molecule has 2 aliphatic rings. The predicted molar refractivity (Wildman–Crippen MR) is 78.1 cm³/mol. The van der Waals surface area contributed by atoms with Gasteiger partial charge in [-0.1, -0.05) is 18.9 Å². The summed E-state index contributed by atoms with van der Waals surface area (Å²) in [7, 11) is 0. The average molecular weight is 273 g/mol. The van der Waals surface area contributed by atoms with Crippen molar-refractivity contribution in [1.82, 2.24) is 15.6 Å². The van der Waals surface area contributed by atoms with E-state index in [0.717, 1.165) is 25.1 Å². The summed E-state index contributed by atoms with van der Waals surface area (Å²) >= 11 is 0. The highest BCUT2D eigenvalue weighted by molar-refractivity contribution is 5.84. The van der Waals surface area contributed by atoms with Crippen molar-refractivity contribution < 1.29 is 4.79 Å². The van der Waals surface area contributed by atoms with Gasteiger partial charge in [-0.2, -0.15) is 0 Å². The maximum Gasteiger partial charge on any atom is 0.228 e. The van der Waals surface area contributed by atoms with Crippen LogP contribution < -0.4 is 10.6 Å². The lowest BCUT2D eigenvalue weighted by Gasteiger charge is -2.38. The summed E-state index contributed by atoms with van der Waals surface area (Å²) in [6, 6.07) is 3.95. The van der Waals surface area contributed by atoms with Gasteiger partial charge in [-0.15, -0.1) is 0 Å². The van der Waals surface area contributed by atoms with Crippen LogP contribution in [-0.2, 0) is 4.79 Å². The molecule has 4 heteroatoms. The number of nitrogens with zero attached hydrogens (tertiary/aromatic N) is 1. The highest BCUT2D eigenvalue weighted by Crippen LogP contribution is 2.44. The molecule has 1 saturated heterocycles. The first-order chi connectivity index (χ1) is 9.72. The van der Waals surface area contributed by atoms with Gasteiger partial charge >= 0.3 is 0 Å². The van der Waals surface area contributed by atoms with Gasteiger partial charge in [0.05, 0.1) is 11.5 Å². The van der Waals surface area contributed by atoms with Crippen LogP contribution >= 0.6 is 0 Å². The number of carbonyl (C=O) groups excluding carboxylic acids is 1. The Balaban J connectivity index is 1.72. The molecule has 2 N–H and O–H groups in total. The standard InChI is InChI=1S/C16H23N3O/c1-12(13-5-4-8-17-9-13)19-15(20)16-7-3-2-6-14(16)10-18-11-16/h4-5,8-9,12,14,18H,2-3,6-7,10-11H2,1H3,(H,19,20)/t12?,14-,16+/m0/s1. The third kappa shape index (κ3) is 2.33. The van der Waals surface area contributed by atoms with Crippen LogP contribution in [0, 0.1) is 11.3 Å². The van der Waals surface area contributed by atoms with Gasteiger partial charge < -0.3 is 10.6 Å². The van der Waals surface area contributed by atoms with E-state index in [0.29, 0.717) is 5.92 Å². The van der Waals surface area contributed by atoms with E-state index < -0.39 is 0 Å². The van der Waals surface area contributed by atoms with Gasteiger partial charge in [-0.25, -0.2) is 0 Å². The Bertz CT molecular complexity index is 476. The van der Waals surface area contributed by atoms with E-state index in [2.05, 4.69) is 15.6 Å². The fourth-order valence-corrected chi connectivity index (χ4v) is 3.75. The molecule has 2 fully saturated rings. The molecular formula is C16H23N3O. The highest BCUT2D eigenvalue weighted by atomic mass is 16.2. The van der Waals surface area contributed by atoms with E-state index in [-0.39, 0.29) is 17.4 Å². The molecule has 1 unspecified atom stereocenters. The Labute approximate surface area is 120 Å². The summed E-state index contributed by atoms with van der Waals surface area (Å²) in [6.45, 7) is 3.86. The van der Waals surface area contributed by atoms with E-state index in [1.54, 1.807) is 6.20 Å².